The fraction of sp³-hybridized carbons (Fsp3) is 0.533. The number of rotatable bonds is 3. The van der Waals surface area contributed by atoms with Gasteiger partial charge in [0.15, 0.2) is 0 Å². The number of hydrogen-bond donors (Lipinski definition) is 2. The van der Waals surface area contributed by atoms with E-state index in [1.54, 1.807) is 12.0 Å². The Labute approximate surface area is 120 Å². The summed E-state index contributed by atoms with van der Waals surface area (Å²) >= 11 is 0. The highest BCUT2D eigenvalue weighted by molar-refractivity contribution is 5.89. The normalized spacial score (nSPS) is 22.1. The summed E-state index contributed by atoms with van der Waals surface area (Å²) in [5, 5.41) is 2.89. The first kappa shape index (κ1) is 14.7. The average Bonchev–Trinajstić information content (AvgIpc) is 2.48. The number of amides is 2. The highest BCUT2D eigenvalue weighted by Gasteiger charge is 2.28. The van der Waals surface area contributed by atoms with Crippen LogP contribution in [0.2, 0.25) is 0 Å². The zero-order valence-electron chi connectivity index (χ0n) is 12.1. The Bertz CT molecular complexity index is 447. The van der Waals surface area contributed by atoms with Crippen LogP contribution in [0.4, 0.5) is 10.5 Å². The monoisotopic (exact) mass is 277 g/mol. The molecule has 1 aromatic rings. The molecule has 20 heavy (non-hydrogen) atoms. The fourth-order valence-corrected chi connectivity index (χ4v) is 2.66. The molecule has 0 heterocycles. The lowest BCUT2D eigenvalue weighted by Crippen LogP contribution is -2.51. The van der Waals surface area contributed by atoms with Gasteiger partial charge in [0.05, 0.1) is 7.11 Å². The number of likely N-dealkylation sites (N-methyl/N-ethyl adjacent to an activating group) is 1. The van der Waals surface area contributed by atoms with Crippen molar-refractivity contribution in [2.75, 3.05) is 19.5 Å². The first-order chi connectivity index (χ1) is 9.61. The summed E-state index contributed by atoms with van der Waals surface area (Å²) in [6.07, 6.45) is 4.27. The van der Waals surface area contributed by atoms with Crippen molar-refractivity contribution in [2.24, 2.45) is 5.73 Å². The highest BCUT2D eigenvalue weighted by Crippen LogP contribution is 2.22. The number of anilines is 1. The summed E-state index contributed by atoms with van der Waals surface area (Å²) < 4.78 is 5.09. The van der Waals surface area contributed by atoms with E-state index in [9.17, 15) is 4.79 Å². The van der Waals surface area contributed by atoms with Crippen LogP contribution in [0.1, 0.15) is 25.7 Å². The molecule has 1 fully saturated rings. The van der Waals surface area contributed by atoms with Gasteiger partial charge in [-0.1, -0.05) is 12.8 Å². The number of carbonyl (C=O) groups excluding carboxylic acids is 1. The molecule has 1 aliphatic carbocycles. The van der Waals surface area contributed by atoms with Crippen molar-refractivity contribution in [3.8, 4) is 5.75 Å². The van der Waals surface area contributed by atoms with Crippen LogP contribution >= 0.6 is 0 Å². The number of nitrogens with one attached hydrogen (secondary N) is 1. The van der Waals surface area contributed by atoms with Gasteiger partial charge in [0.25, 0.3) is 0 Å². The van der Waals surface area contributed by atoms with Gasteiger partial charge in [0.1, 0.15) is 5.75 Å². The lowest BCUT2D eigenvalue weighted by atomic mass is 9.90. The Balaban J connectivity index is 1.95. The van der Waals surface area contributed by atoms with Gasteiger partial charge in [0.2, 0.25) is 0 Å². The maximum Gasteiger partial charge on any atom is 0.321 e. The molecule has 2 unspecified atom stereocenters. The Kier molecular flexibility index (Phi) is 4.84. The lowest BCUT2D eigenvalue weighted by molar-refractivity contribution is 0.174. The summed E-state index contributed by atoms with van der Waals surface area (Å²) in [4.78, 5) is 14.0. The van der Waals surface area contributed by atoms with Crippen molar-refractivity contribution in [3.63, 3.8) is 0 Å². The number of ether oxygens (including phenoxy) is 1. The van der Waals surface area contributed by atoms with Gasteiger partial charge in [-0.15, -0.1) is 0 Å². The predicted octanol–water partition coefficient (Wildman–Crippen LogP) is 2.43. The highest BCUT2D eigenvalue weighted by atomic mass is 16.5. The molecule has 3 N–H and O–H groups in total. The topological polar surface area (TPSA) is 67.6 Å². The van der Waals surface area contributed by atoms with E-state index in [4.69, 9.17) is 10.5 Å². The van der Waals surface area contributed by atoms with Crippen molar-refractivity contribution in [3.05, 3.63) is 24.3 Å². The van der Waals surface area contributed by atoms with Crippen LogP contribution in [-0.2, 0) is 0 Å². The van der Waals surface area contributed by atoms with E-state index in [2.05, 4.69) is 5.32 Å². The van der Waals surface area contributed by atoms with Gasteiger partial charge in [-0.2, -0.15) is 0 Å². The Hall–Kier alpha value is -1.75. The number of benzene rings is 1. The standard InChI is InChI=1S/C15H23N3O2/c1-18(14-6-4-3-5-13(14)16)15(19)17-11-7-9-12(20-2)10-8-11/h7-10,13-14H,3-6,16H2,1-2H3,(H,17,19). The molecule has 2 amide bonds. The minimum atomic E-state index is -0.113. The molecular formula is C15H23N3O2. The maximum atomic E-state index is 12.2. The number of carbonyl (C=O) groups is 1. The SMILES string of the molecule is COc1ccc(NC(=O)N(C)C2CCCCC2N)cc1. The van der Waals surface area contributed by atoms with Crippen LogP contribution in [0.5, 0.6) is 5.75 Å². The molecule has 1 saturated carbocycles. The minimum Gasteiger partial charge on any atom is -0.497 e. The third-order valence-electron chi connectivity index (χ3n) is 3.94. The predicted molar refractivity (Wildman–Crippen MR) is 80.0 cm³/mol. The van der Waals surface area contributed by atoms with E-state index in [0.29, 0.717) is 0 Å². The van der Waals surface area contributed by atoms with E-state index < -0.39 is 0 Å². The Morgan fingerprint density at radius 2 is 1.95 bits per heavy atom. The first-order valence-corrected chi connectivity index (χ1v) is 7.05. The maximum absolute atomic E-state index is 12.2. The van der Waals surface area contributed by atoms with Crippen molar-refractivity contribution in [2.45, 2.75) is 37.8 Å². The van der Waals surface area contributed by atoms with Crippen LogP contribution in [0.15, 0.2) is 24.3 Å². The second kappa shape index (κ2) is 6.61. The molecule has 0 saturated heterocycles. The van der Waals surface area contributed by atoms with Crippen molar-refractivity contribution < 1.29 is 9.53 Å². The molecule has 0 spiro atoms. The van der Waals surface area contributed by atoms with Crippen LogP contribution in [0.3, 0.4) is 0 Å². The van der Waals surface area contributed by atoms with E-state index in [-0.39, 0.29) is 18.1 Å². The van der Waals surface area contributed by atoms with Crippen LogP contribution in [-0.4, -0.2) is 37.2 Å². The van der Waals surface area contributed by atoms with Crippen LogP contribution < -0.4 is 15.8 Å². The number of urea groups is 1. The molecule has 0 radical (unpaired) electrons. The van der Waals surface area contributed by atoms with Gasteiger partial charge in [-0.05, 0) is 37.1 Å². The van der Waals surface area contributed by atoms with Crippen LogP contribution in [0.25, 0.3) is 0 Å². The van der Waals surface area contributed by atoms with E-state index >= 15 is 0 Å². The molecule has 2 atom stereocenters. The molecule has 0 aliphatic heterocycles. The smallest absolute Gasteiger partial charge is 0.321 e. The minimum absolute atomic E-state index is 0.0790. The molecule has 2 rings (SSSR count). The molecule has 5 heteroatoms. The molecule has 1 aromatic carbocycles. The summed E-state index contributed by atoms with van der Waals surface area (Å²) in [5.74, 6) is 0.769. The van der Waals surface area contributed by atoms with Crippen molar-refractivity contribution >= 4 is 11.7 Å². The average molecular weight is 277 g/mol. The number of hydrogen-bond acceptors (Lipinski definition) is 3. The van der Waals surface area contributed by atoms with E-state index in [1.807, 2.05) is 31.3 Å². The Morgan fingerprint density at radius 3 is 2.55 bits per heavy atom. The van der Waals surface area contributed by atoms with Crippen LogP contribution in [0, 0.1) is 0 Å². The number of methoxy groups -OCH3 is 1. The summed E-state index contributed by atoms with van der Waals surface area (Å²) in [5.41, 5.74) is 6.87. The summed E-state index contributed by atoms with van der Waals surface area (Å²) in [7, 11) is 3.43. The van der Waals surface area contributed by atoms with Crippen molar-refractivity contribution in [1.29, 1.82) is 0 Å². The number of nitrogens with zero attached hydrogens (tertiary/aromatic N) is 1. The van der Waals surface area contributed by atoms with Gasteiger partial charge >= 0.3 is 6.03 Å². The third-order valence-corrected chi connectivity index (χ3v) is 3.94. The lowest BCUT2D eigenvalue weighted by Gasteiger charge is -2.35. The van der Waals surface area contributed by atoms with Gasteiger partial charge < -0.3 is 20.7 Å². The molecular weight excluding hydrogens is 254 g/mol. The summed E-state index contributed by atoms with van der Waals surface area (Å²) in [6, 6.07) is 7.38. The van der Waals surface area contributed by atoms with Crippen molar-refractivity contribution in [1.82, 2.24) is 4.90 Å². The molecule has 110 valence electrons. The zero-order valence-corrected chi connectivity index (χ0v) is 12.1. The quantitative estimate of drug-likeness (QED) is 0.891. The largest absolute Gasteiger partial charge is 0.497 e. The first-order valence-electron chi connectivity index (χ1n) is 7.05. The zero-order chi connectivity index (χ0) is 14.5. The molecule has 5 nitrogen and oxygen atoms in total. The third kappa shape index (κ3) is 3.42. The van der Waals surface area contributed by atoms with E-state index in [0.717, 1.165) is 37.1 Å². The molecule has 0 bridgehead atoms. The van der Waals surface area contributed by atoms with Gasteiger partial charge in [-0.25, -0.2) is 4.79 Å². The molecule has 1 aliphatic rings. The Morgan fingerprint density at radius 1 is 1.30 bits per heavy atom. The fourth-order valence-electron chi connectivity index (χ4n) is 2.66. The number of nitrogens with two attached hydrogens (primary N) is 1. The second-order valence-corrected chi connectivity index (χ2v) is 5.29. The van der Waals surface area contributed by atoms with E-state index in [1.165, 1.54) is 0 Å². The second-order valence-electron chi connectivity index (χ2n) is 5.29. The summed E-state index contributed by atoms with van der Waals surface area (Å²) in [6.45, 7) is 0. The molecule has 0 aromatic heterocycles. The van der Waals surface area contributed by atoms with Gasteiger partial charge in [0, 0.05) is 24.8 Å². The van der Waals surface area contributed by atoms with Gasteiger partial charge in [-0.3, -0.25) is 0 Å².